The van der Waals surface area contributed by atoms with Crippen LogP contribution in [0.15, 0.2) is 24.9 Å². The second-order valence-electron chi connectivity index (χ2n) is 1.79. The molecule has 4 nitrogen and oxygen atoms in total. The quantitative estimate of drug-likeness (QED) is 0.504. The zero-order valence-electron chi connectivity index (χ0n) is 6.10. The molecular weight excluding hydrogens is 151 g/mol. The Hall–Kier alpha value is -0.580. The molecule has 0 spiro atoms. The van der Waals surface area contributed by atoms with Crippen molar-refractivity contribution in [2.24, 2.45) is 0 Å². The van der Waals surface area contributed by atoms with E-state index in [4.69, 9.17) is 0 Å². The van der Waals surface area contributed by atoms with Gasteiger partial charge in [-0.1, -0.05) is 0 Å². The third-order valence-corrected chi connectivity index (χ3v) is 1.15. The fraction of sp³-hybridized carbons (Fsp3) is 0. The van der Waals surface area contributed by atoms with Crippen molar-refractivity contribution in [1.29, 1.82) is 0 Å². The Morgan fingerprint density at radius 3 is 2.64 bits per heavy atom. The van der Waals surface area contributed by atoms with Crippen LogP contribution in [-0.2, 0) is 0 Å². The summed E-state index contributed by atoms with van der Waals surface area (Å²) in [6.07, 6.45) is 6.31. The topological polar surface area (TPSA) is 51.6 Å². The molecule has 0 unspecified atom stereocenters. The first-order valence-corrected chi connectivity index (χ1v) is 2.83. The first-order chi connectivity index (χ1) is 4.97. The summed E-state index contributed by atoms with van der Waals surface area (Å²) < 4.78 is 0. The van der Waals surface area contributed by atoms with Crippen LogP contribution in [0.2, 0.25) is 0 Å². The van der Waals surface area contributed by atoms with E-state index < -0.39 is 0 Å². The number of nitrogens with zero attached hydrogens (tertiary/aromatic N) is 4. The monoisotopic (exact) mass is 155 g/mol. The minimum atomic E-state index is 0. The predicted molar refractivity (Wildman–Crippen MR) is 40.9 cm³/mol. The molecule has 0 aliphatic heterocycles. The molecule has 0 aliphatic carbocycles. The van der Waals surface area contributed by atoms with Crippen LogP contribution in [0.4, 0.5) is 0 Å². The molecule has 0 bridgehead atoms. The normalized spacial score (nSPS) is 9.09. The van der Waals surface area contributed by atoms with Gasteiger partial charge < -0.3 is 0 Å². The van der Waals surface area contributed by atoms with Gasteiger partial charge in [0.25, 0.3) is 0 Å². The number of rotatable bonds is 0. The first kappa shape index (κ1) is 8.52. The molecule has 0 aliphatic rings. The smallest absolute Gasteiger partial charge is 0.181 e. The molecule has 49 valence electrons. The maximum Gasteiger partial charge on any atom is 0.181 e. The molecule has 0 saturated heterocycles. The van der Waals surface area contributed by atoms with Crippen LogP contribution >= 0.6 is 0 Å². The van der Waals surface area contributed by atoms with Gasteiger partial charge in [0.2, 0.25) is 0 Å². The van der Waals surface area contributed by atoms with Gasteiger partial charge >= 0.3 is 0 Å². The van der Waals surface area contributed by atoms with Gasteiger partial charge in [0.15, 0.2) is 5.65 Å². The van der Waals surface area contributed by atoms with E-state index >= 15 is 0 Å². The van der Waals surface area contributed by atoms with E-state index in [1.807, 2.05) is 0 Å². The van der Waals surface area contributed by atoms with Crippen LogP contribution in [-0.4, -0.2) is 49.5 Å². The fourth-order valence-electron chi connectivity index (χ4n) is 0.724. The molecule has 2 aromatic heterocycles. The van der Waals surface area contributed by atoms with Gasteiger partial charge in [0, 0.05) is 42.0 Å². The molecule has 0 atom stereocenters. The van der Waals surface area contributed by atoms with Crippen molar-refractivity contribution < 1.29 is 0 Å². The molecule has 5 heteroatoms. The molecule has 2 aromatic rings. The molecule has 0 N–H and O–H groups in total. The average Bonchev–Trinajstić information content (AvgIpc) is 2.05. The summed E-state index contributed by atoms with van der Waals surface area (Å²) >= 11 is 0. The Labute approximate surface area is 85.4 Å². The van der Waals surface area contributed by atoms with Crippen molar-refractivity contribution in [2.75, 3.05) is 0 Å². The minimum absolute atomic E-state index is 0. The predicted octanol–water partition coefficient (Wildman–Crippen LogP) is 0.0390. The van der Waals surface area contributed by atoms with Gasteiger partial charge in [-0.15, -0.1) is 0 Å². The van der Waals surface area contributed by atoms with Gasteiger partial charge in [-0.05, 0) is 0 Å². The molecule has 2 rings (SSSR count). The minimum Gasteiger partial charge on any atom is -0.250 e. The molecule has 0 fully saturated rings. The maximum atomic E-state index is 3.99. The summed E-state index contributed by atoms with van der Waals surface area (Å²) in [7, 11) is 0. The van der Waals surface area contributed by atoms with E-state index in [2.05, 4.69) is 19.9 Å². The second-order valence-corrected chi connectivity index (χ2v) is 1.79. The summed E-state index contributed by atoms with van der Waals surface area (Å²) in [5.74, 6) is 0. The van der Waals surface area contributed by atoms with Crippen molar-refractivity contribution in [3.05, 3.63) is 24.9 Å². The molecule has 0 aromatic carbocycles. The number of aromatic nitrogens is 4. The van der Waals surface area contributed by atoms with E-state index in [1.165, 1.54) is 6.33 Å². The van der Waals surface area contributed by atoms with Crippen molar-refractivity contribution in [3.8, 4) is 0 Å². The van der Waals surface area contributed by atoms with Gasteiger partial charge in [-0.3, -0.25) is 0 Å². The van der Waals surface area contributed by atoms with E-state index in [1.54, 1.807) is 18.6 Å². The van der Waals surface area contributed by atoms with Crippen LogP contribution in [0.5, 0.6) is 0 Å². The zero-order chi connectivity index (χ0) is 6.81. The van der Waals surface area contributed by atoms with E-state index in [0.717, 1.165) is 5.52 Å². The molecule has 0 amide bonds. The van der Waals surface area contributed by atoms with Gasteiger partial charge in [0.1, 0.15) is 11.8 Å². The van der Waals surface area contributed by atoms with Crippen molar-refractivity contribution in [2.45, 2.75) is 0 Å². The van der Waals surface area contributed by atoms with E-state index in [-0.39, 0.29) is 29.6 Å². The summed E-state index contributed by atoms with van der Waals surface area (Å²) in [5, 5.41) is 0. The summed E-state index contributed by atoms with van der Waals surface area (Å²) in [5.41, 5.74) is 1.36. The average molecular weight is 155 g/mol. The van der Waals surface area contributed by atoms with Crippen molar-refractivity contribution >= 4 is 40.7 Å². The molecule has 1 radical (unpaired) electrons. The van der Waals surface area contributed by atoms with Gasteiger partial charge in [0.05, 0.1) is 6.20 Å². The Kier molecular flexibility index (Phi) is 2.87. The van der Waals surface area contributed by atoms with E-state index in [0.29, 0.717) is 5.65 Å². The SMILES string of the molecule is [Na].c1cnc2ncncc2n1. The largest absolute Gasteiger partial charge is 0.250 e. The molecule has 11 heavy (non-hydrogen) atoms. The third kappa shape index (κ3) is 1.71. The van der Waals surface area contributed by atoms with Crippen LogP contribution in [0.1, 0.15) is 0 Å². The Bertz CT molecular complexity index is 286. The Morgan fingerprint density at radius 1 is 1.00 bits per heavy atom. The summed E-state index contributed by atoms with van der Waals surface area (Å²) in [6.45, 7) is 0. The van der Waals surface area contributed by atoms with Gasteiger partial charge in [-0.2, -0.15) is 0 Å². The molecule has 0 saturated carbocycles. The zero-order valence-corrected chi connectivity index (χ0v) is 8.10. The third-order valence-electron chi connectivity index (χ3n) is 1.15. The van der Waals surface area contributed by atoms with Crippen LogP contribution in [0.3, 0.4) is 0 Å². The molecule has 2 heterocycles. The molecular formula is C6H4N4Na. The fourth-order valence-corrected chi connectivity index (χ4v) is 0.724. The number of hydrogen-bond donors (Lipinski definition) is 0. The first-order valence-electron chi connectivity index (χ1n) is 2.83. The standard InChI is InChI=1S/C6H4N4.Na/c1-2-9-6-5(8-1)3-7-4-10-6;/h1-4H;. The summed E-state index contributed by atoms with van der Waals surface area (Å²) in [6, 6.07) is 0. The second kappa shape index (κ2) is 3.71. The van der Waals surface area contributed by atoms with Gasteiger partial charge in [-0.25, -0.2) is 19.9 Å². The Balaban J connectivity index is 0.000000605. The maximum absolute atomic E-state index is 3.99. The Morgan fingerprint density at radius 2 is 1.82 bits per heavy atom. The summed E-state index contributed by atoms with van der Waals surface area (Å²) in [4.78, 5) is 15.7. The number of fused-ring (bicyclic) bond motifs is 1. The van der Waals surface area contributed by atoms with Crippen molar-refractivity contribution in [3.63, 3.8) is 0 Å². The van der Waals surface area contributed by atoms with Crippen LogP contribution in [0, 0.1) is 0 Å². The van der Waals surface area contributed by atoms with Crippen LogP contribution in [0.25, 0.3) is 11.2 Å². The van der Waals surface area contributed by atoms with E-state index in [9.17, 15) is 0 Å². The number of hydrogen-bond acceptors (Lipinski definition) is 4. The van der Waals surface area contributed by atoms with Crippen LogP contribution < -0.4 is 0 Å². The van der Waals surface area contributed by atoms with Crippen molar-refractivity contribution in [1.82, 2.24) is 19.9 Å².